The Labute approximate surface area is 195 Å². The fourth-order valence-electron chi connectivity index (χ4n) is 4.08. The standard InChI is InChI=1S/C29H19N3O2/c33-28(22-18-26(19-10-2-1-3-11-19)30-23-14-6-4-12-20(22)23)31-24-15-7-5-13-21(24)29-32-25-16-8-9-17-27(25)34-29/h1-18H,(H,31,33). The number of aromatic nitrogens is 2. The summed E-state index contributed by atoms with van der Waals surface area (Å²) in [5.41, 5.74) is 5.83. The highest BCUT2D eigenvalue weighted by Crippen LogP contribution is 2.31. The van der Waals surface area contributed by atoms with Crippen molar-refractivity contribution in [2.45, 2.75) is 0 Å². The van der Waals surface area contributed by atoms with Crippen molar-refractivity contribution >= 4 is 33.6 Å². The molecule has 4 aromatic carbocycles. The minimum absolute atomic E-state index is 0.223. The van der Waals surface area contributed by atoms with Crippen LogP contribution in [0.1, 0.15) is 10.4 Å². The van der Waals surface area contributed by atoms with Crippen molar-refractivity contribution in [1.29, 1.82) is 0 Å². The van der Waals surface area contributed by atoms with Gasteiger partial charge in [-0.3, -0.25) is 4.79 Å². The number of anilines is 1. The molecule has 0 aliphatic rings. The summed E-state index contributed by atoms with van der Waals surface area (Å²) in [6, 6.07) is 34.5. The van der Waals surface area contributed by atoms with Gasteiger partial charge in [-0.05, 0) is 36.4 Å². The molecule has 0 saturated carbocycles. The van der Waals surface area contributed by atoms with Crippen molar-refractivity contribution in [2.75, 3.05) is 5.32 Å². The van der Waals surface area contributed by atoms with E-state index in [-0.39, 0.29) is 5.91 Å². The predicted molar refractivity (Wildman–Crippen MR) is 135 cm³/mol. The quantitative estimate of drug-likeness (QED) is 0.321. The zero-order valence-corrected chi connectivity index (χ0v) is 18.1. The maximum Gasteiger partial charge on any atom is 0.256 e. The lowest BCUT2D eigenvalue weighted by Gasteiger charge is -2.12. The molecule has 0 radical (unpaired) electrons. The first-order valence-electron chi connectivity index (χ1n) is 11.0. The third kappa shape index (κ3) is 3.59. The number of oxazole rings is 1. The Morgan fingerprint density at radius 1 is 0.706 bits per heavy atom. The molecule has 162 valence electrons. The Bertz CT molecular complexity index is 1620. The second-order valence-corrected chi connectivity index (χ2v) is 7.92. The number of nitrogens with zero attached hydrogens (tertiary/aromatic N) is 2. The molecule has 6 rings (SSSR count). The third-order valence-electron chi connectivity index (χ3n) is 5.73. The van der Waals surface area contributed by atoms with Gasteiger partial charge in [0.1, 0.15) is 5.52 Å². The van der Waals surface area contributed by atoms with E-state index in [1.54, 1.807) is 0 Å². The molecule has 0 unspecified atom stereocenters. The molecule has 1 N–H and O–H groups in total. The van der Waals surface area contributed by atoms with Crippen molar-refractivity contribution in [3.8, 4) is 22.7 Å². The lowest BCUT2D eigenvalue weighted by Crippen LogP contribution is -2.14. The van der Waals surface area contributed by atoms with Gasteiger partial charge in [-0.2, -0.15) is 0 Å². The van der Waals surface area contributed by atoms with Crippen molar-refractivity contribution in [1.82, 2.24) is 9.97 Å². The van der Waals surface area contributed by atoms with E-state index < -0.39 is 0 Å². The minimum atomic E-state index is -0.223. The molecule has 5 heteroatoms. The normalized spacial score (nSPS) is 11.1. The number of fused-ring (bicyclic) bond motifs is 2. The van der Waals surface area contributed by atoms with Crippen LogP contribution in [-0.2, 0) is 0 Å². The number of amides is 1. The van der Waals surface area contributed by atoms with Crippen molar-refractivity contribution in [3.63, 3.8) is 0 Å². The monoisotopic (exact) mass is 441 g/mol. The molecule has 0 bridgehead atoms. The number of hydrogen-bond acceptors (Lipinski definition) is 4. The topological polar surface area (TPSA) is 68.0 Å². The lowest BCUT2D eigenvalue weighted by molar-refractivity contribution is 0.102. The van der Waals surface area contributed by atoms with Crippen LogP contribution in [0.25, 0.3) is 44.7 Å². The smallest absolute Gasteiger partial charge is 0.256 e. The van der Waals surface area contributed by atoms with Gasteiger partial charge in [0.15, 0.2) is 5.58 Å². The molecule has 0 aliphatic heterocycles. The molecule has 0 atom stereocenters. The molecule has 1 amide bonds. The Morgan fingerprint density at radius 2 is 1.41 bits per heavy atom. The largest absolute Gasteiger partial charge is 0.436 e. The molecule has 2 aromatic heterocycles. The predicted octanol–water partition coefficient (Wildman–Crippen LogP) is 6.96. The summed E-state index contributed by atoms with van der Waals surface area (Å²) < 4.78 is 5.96. The third-order valence-corrected chi connectivity index (χ3v) is 5.73. The Balaban J connectivity index is 1.43. The molecular weight excluding hydrogens is 422 g/mol. The maximum absolute atomic E-state index is 13.6. The highest BCUT2D eigenvalue weighted by molar-refractivity contribution is 6.14. The molecule has 5 nitrogen and oxygen atoms in total. The molecule has 34 heavy (non-hydrogen) atoms. The molecule has 0 saturated heterocycles. The van der Waals surface area contributed by atoms with Crippen LogP contribution in [-0.4, -0.2) is 15.9 Å². The summed E-state index contributed by atoms with van der Waals surface area (Å²) in [4.78, 5) is 23.0. The number of rotatable bonds is 4. The van der Waals surface area contributed by atoms with Gasteiger partial charge < -0.3 is 9.73 Å². The van der Waals surface area contributed by atoms with Gasteiger partial charge in [0.2, 0.25) is 5.89 Å². The van der Waals surface area contributed by atoms with Crippen molar-refractivity contribution in [2.24, 2.45) is 0 Å². The van der Waals surface area contributed by atoms with Gasteiger partial charge in [-0.25, -0.2) is 9.97 Å². The van der Waals surface area contributed by atoms with Gasteiger partial charge in [-0.1, -0.05) is 72.8 Å². The van der Waals surface area contributed by atoms with Crippen LogP contribution < -0.4 is 5.32 Å². The first-order chi connectivity index (χ1) is 16.8. The Kier molecular flexibility index (Phi) is 4.85. The number of pyridine rings is 1. The molecule has 0 aliphatic carbocycles. The summed E-state index contributed by atoms with van der Waals surface area (Å²) >= 11 is 0. The number of hydrogen-bond donors (Lipinski definition) is 1. The van der Waals surface area contributed by atoms with E-state index in [2.05, 4.69) is 10.3 Å². The van der Waals surface area contributed by atoms with Crippen LogP contribution in [0.5, 0.6) is 0 Å². The average molecular weight is 441 g/mol. The molecule has 0 fully saturated rings. The lowest BCUT2D eigenvalue weighted by atomic mass is 10.0. The Morgan fingerprint density at radius 3 is 2.26 bits per heavy atom. The van der Waals surface area contributed by atoms with Crippen LogP contribution >= 0.6 is 0 Å². The number of para-hydroxylation sites is 4. The summed E-state index contributed by atoms with van der Waals surface area (Å²) in [5.74, 6) is 0.237. The summed E-state index contributed by atoms with van der Waals surface area (Å²) in [6.07, 6.45) is 0. The molecular formula is C29H19N3O2. The fourth-order valence-corrected chi connectivity index (χ4v) is 4.08. The number of carbonyl (C=O) groups is 1. The van der Waals surface area contributed by atoms with Crippen LogP contribution in [0, 0.1) is 0 Å². The van der Waals surface area contributed by atoms with E-state index in [1.165, 1.54) is 0 Å². The number of benzene rings is 4. The van der Waals surface area contributed by atoms with Crippen LogP contribution in [0.3, 0.4) is 0 Å². The minimum Gasteiger partial charge on any atom is -0.436 e. The highest BCUT2D eigenvalue weighted by atomic mass is 16.3. The molecule has 2 heterocycles. The Hall–Kier alpha value is -4.77. The van der Waals surface area contributed by atoms with Gasteiger partial charge >= 0.3 is 0 Å². The van der Waals surface area contributed by atoms with E-state index in [4.69, 9.17) is 9.40 Å². The van der Waals surface area contributed by atoms with Crippen LogP contribution in [0.15, 0.2) is 114 Å². The zero-order valence-electron chi connectivity index (χ0n) is 18.1. The first-order valence-corrected chi connectivity index (χ1v) is 11.0. The van der Waals surface area contributed by atoms with E-state index in [0.29, 0.717) is 28.3 Å². The summed E-state index contributed by atoms with van der Waals surface area (Å²) in [5, 5.41) is 3.86. The summed E-state index contributed by atoms with van der Waals surface area (Å²) in [7, 11) is 0. The van der Waals surface area contributed by atoms with E-state index in [0.717, 1.165) is 27.7 Å². The second-order valence-electron chi connectivity index (χ2n) is 7.92. The van der Waals surface area contributed by atoms with Gasteiger partial charge in [-0.15, -0.1) is 0 Å². The SMILES string of the molecule is O=C(Nc1ccccc1-c1nc2ccccc2o1)c1cc(-c2ccccc2)nc2ccccc12. The van der Waals surface area contributed by atoms with Crippen LogP contribution in [0.4, 0.5) is 5.69 Å². The zero-order chi connectivity index (χ0) is 22.9. The van der Waals surface area contributed by atoms with Gasteiger partial charge in [0.05, 0.1) is 28.0 Å². The first kappa shape index (κ1) is 19.9. The van der Waals surface area contributed by atoms with Crippen LogP contribution in [0.2, 0.25) is 0 Å². The van der Waals surface area contributed by atoms with E-state index >= 15 is 0 Å². The van der Waals surface area contributed by atoms with E-state index in [9.17, 15) is 4.79 Å². The fraction of sp³-hybridized carbons (Fsp3) is 0. The number of nitrogens with one attached hydrogen (secondary N) is 1. The molecule has 0 spiro atoms. The number of carbonyl (C=O) groups excluding carboxylic acids is 1. The van der Waals surface area contributed by atoms with Gasteiger partial charge in [0, 0.05) is 10.9 Å². The van der Waals surface area contributed by atoms with Gasteiger partial charge in [0.25, 0.3) is 5.91 Å². The van der Waals surface area contributed by atoms with E-state index in [1.807, 2.05) is 109 Å². The second kappa shape index (κ2) is 8.30. The average Bonchev–Trinajstić information content (AvgIpc) is 3.33. The van der Waals surface area contributed by atoms with Crippen molar-refractivity contribution in [3.05, 3.63) is 115 Å². The molecule has 6 aromatic rings. The maximum atomic E-state index is 13.6. The van der Waals surface area contributed by atoms with Crippen molar-refractivity contribution < 1.29 is 9.21 Å². The highest BCUT2D eigenvalue weighted by Gasteiger charge is 2.18. The summed E-state index contributed by atoms with van der Waals surface area (Å²) in [6.45, 7) is 0.